The lowest BCUT2D eigenvalue weighted by atomic mass is 9.92. The molecule has 2 aliphatic heterocycles. The van der Waals surface area contributed by atoms with Crippen molar-refractivity contribution in [1.29, 1.82) is 0 Å². The number of amides is 3. The molecular weight excluding hydrogens is 404 g/mol. The highest BCUT2D eigenvalue weighted by atomic mass is 16.7. The summed E-state index contributed by atoms with van der Waals surface area (Å²) in [4.78, 5) is 39.5. The third-order valence-electron chi connectivity index (χ3n) is 5.35. The van der Waals surface area contributed by atoms with Crippen LogP contribution in [0.4, 0.5) is 4.79 Å². The first-order valence-electron chi connectivity index (χ1n) is 9.62. The van der Waals surface area contributed by atoms with Crippen molar-refractivity contribution >= 4 is 17.7 Å². The molecule has 1 atom stereocenters. The van der Waals surface area contributed by atoms with Gasteiger partial charge in [0.05, 0.1) is 26.3 Å². The van der Waals surface area contributed by atoms with E-state index in [1.807, 2.05) is 6.07 Å². The summed E-state index contributed by atoms with van der Waals surface area (Å²) in [5.41, 5.74) is -0.168. The monoisotopic (exact) mass is 426 g/mol. The van der Waals surface area contributed by atoms with Gasteiger partial charge in [-0.2, -0.15) is 0 Å². The number of methoxy groups -OCH3 is 2. The molecule has 1 N–H and O–H groups in total. The molecule has 3 amide bonds. The molecule has 9 heteroatoms. The Morgan fingerprint density at radius 1 is 1.10 bits per heavy atom. The van der Waals surface area contributed by atoms with E-state index in [1.54, 1.807) is 31.2 Å². The Kier molecular flexibility index (Phi) is 5.18. The van der Waals surface area contributed by atoms with Crippen molar-refractivity contribution in [3.05, 3.63) is 47.5 Å². The fourth-order valence-electron chi connectivity index (χ4n) is 3.73. The number of imide groups is 1. The molecule has 2 aromatic rings. The Morgan fingerprint density at radius 2 is 1.87 bits per heavy atom. The summed E-state index contributed by atoms with van der Waals surface area (Å²) in [6, 6.07) is 9.51. The SMILES string of the molecule is COc1ccc(OC)c(C(=O)CN2C(=O)N[C@@](C)(Cc3ccc4c(c3)OCO4)C2=O)c1. The Balaban J connectivity index is 1.52. The molecule has 9 nitrogen and oxygen atoms in total. The second kappa shape index (κ2) is 7.82. The van der Waals surface area contributed by atoms with Crippen molar-refractivity contribution in [1.82, 2.24) is 10.2 Å². The van der Waals surface area contributed by atoms with Gasteiger partial charge < -0.3 is 24.3 Å². The largest absolute Gasteiger partial charge is 0.497 e. The van der Waals surface area contributed by atoms with Gasteiger partial charge in [-0.1, -0.05) is 6.07 Å². The normalized spacial score (nSPS) is 19.4. The van der Waals surface area contributed by atoms with E-state index in [4.69, 9.17) is 18.9 Å². The van der Waals surface area contributed by atoms with E-state index in [0.717, 1.165) is 10.5 Å². The predicted molar refractivity (Wildman–Crippen MR) is 109 cm³/mol. The van der Waals surface area contributed by atoms with Crippen LogP contribution in [0.25, 0.3) is 0 Å². The zero-order valence-electron chi connectivity index (χ0n) is 17.4. The van der Waals surface area contributed by atoms with E-state index in [0.29, 0.717) is 23.0 Å². The van der Waals surface area contributed by atoms with Crippen molar-refractivity contribution < 1.29 is 33.3 Å². The number of nitrogens with one attached hydrogen (secondary N) is 1. The highest BCUT2D eigenvalue weighted by molar-refractivity contribution is 6.11. The van der Waals surface area contributed by atoms with E-state index in [-0.39, 0.29) is 18.8 Å². The van der Waals surface area contributed by atoms with Gasteiger partial charge in [0.2, 0.25) is 6.79 Å². The van der Waals surface area contributed by atoms with Gasteiger partial charge in [0, 0.05) is 6.42 Å². The third kappa shape index (κ3) is 3.74. The number of fused-ring (bicyclic) bond motifs is 1. The molecule has 1 fully saturated rings. The maximum absolute atomic E-state index is 13.1. The Bertz CT molecular complexity index is 1070. The number of benzene rings is 2. The summed E-state index contributed by atoms with van der Waals surface area (Å²) >= 11 is 0. The molecular formula is C22H22N2O7. The predicted octanol–water partition coefficient (Wildman–Crippen LogP) is 2.17. The van der Waals surface area contributed by atoms with Gasteiger partial charge in [-0.25, -0.2) is 4.79 Å². The molecule has 162 valence electrons. The lowest BCUT2D eigenvalue weighted by Gasteiger charge is -2.22. The van der Waals surface area contributed by atoms with Crippen molar-refractivity contribution in [2.24, 2.45) is 0 Å². The molecule has 0 spiro atoms. The molecule has 0 unspecified atom stereocenters. The molecule has 2 aliphatic rings. The average Bonchev–Trinajstić information content (AvgIpc) is 3.31. The van der Waals surface area contributed by atoms with Crippen LogP contribution in [0.15, 0.2) is 36.4 Å². The van der Waals surface area contributed by atoms with E-state index in [1.165, 1.54) is 20.3 Å². The first-order chi connectivity index (χ1) is 14.8. The van der Waals surface area contributed by atoms with Crippen LogP contribution in [0.5, 0.6) is 23.0 Å². The first kappa shape index (κ1) is 20.5. The number of ketones is 1. The quantitative estimate of drug-likeness (QED) is 0.535. The molecule has 2 aromatic carbocycles. The number of rotatable bonds is 7. The first-order valence-corrected chi connectivity index (χ1v) is 9.62. The fraction of sp³-hybridized carbons (Fsp3) is 0.318. The summed E-state index contributed by atoms with van der Waals surface area (Å²) in [6.07, 6.45) is 0.237. The van der Waals surface area contributed by atoms with Crippen molar-refractivity contribution in [2.75, 3.05) is 27.6 Å². The van der Waals surface area contributed by atoms with Gasteiger partial charge in [0.25, 0.3) is 5.91 Å². The number of nitrogens with zero attached hydrogens (tertiary/aromatic N) is 1. The number of hydrogen-bond acceptors (Lipinski definition) is 7. The van der Waals surface area contributed by atoms with Gasteiger partial charge in [-0.3, -0.25) is 14.5 Å². The Labute approximate surface area is 178 Å². The second-order valence-corrected chi connectivity index (χ2v) is 7.51. The summed E-state index contributed by atoms with van der Waals surface area (Å²) in [7, 11) is 2.92. The maximum Gasteiger partial charge on any atom is 0.325 e. The van der Waals surface area contributed by atoms with E-state index in [9.17, 15) is 14.4 Å². The zero-order valence-corrected chi connectivity index (χ0v) is 17.4. The fourth-order valence-corrected chi connectivity index (χ4v) is 3.73. The highest BCUT2D eigenvalue weighted by Crippen LogP contribution is 2.34. The molecule has 4 rings (SSSR count). The van der Waals surface area contributed by atoms with Crippen LogP contribution in [0.2, 0.25) is 0 Å². The Hall–Kier alpha value is -3.75. The topological polar surface area (TPSA) is 103 Å². The van der Waals surface area contributed by atoms with Gasteiger partial charge >= 0.3 is 6.03 Å². The summed E-state index contributed by atoms with van der Waals surface area (Å²) in [5.74, 6) is 1.11. The minimum absolute atomic E-state index is 0.148. The molecule has 0 bridgehead atoms. The number of carbonyl (C=O) groups is 3. The number of ether oxygens (including phenoxy) is 4. The van der Waals surface area contributed by atoms with Crippen LogP contribution < -0.4 is 24.3 Å². The number of carbonyl (C=O) groups excluding carboxylic acids is 3. The van der Waals surface area contributed by atoms with Crippen molar-refractivity contribution in [2.45, 2.75) is 18.9 Å². The van der Waals surface area contributed by atoms with E-state index < -0.39 is 29.8 Å². The molecule has 1 saturated heterocycles. The second-order valence-electron chi connectivity index (χ2n) is 7.51. The molecule has 0 aromatic heterocycles. The lowest BCUT2D eigenvalue weighted by molar-refractivity contribution is -0.130. The van der Waals surface area contributed by atoms with Crippen molar-refractivity contribution in [3.63, 3.8) is 0 Å². The molecule has 31 heavy (non-hydrogen) atoms. The van der Waals surface area contributed by atoms with Crippen LogP contribution >= 0.6 is 0 Å². The van der Waals surface area contributed by atoms with Crippen LogP contribution in [0.1, 0.15) is 22.8 Å². The Morgan fingerprint density at radius 3 is 2.61 bits per heavy atom. The molecule has 2 heterocycles. The third-order valence-corrected chi connectivity index (χ3v) is 5.35. The number of hydrogen-bond donors (Lipinski definition) is 1. The summed E-state index contributed by atoms with van der Waals surface area (Å²) < 4.78 is 21.1. The number of Topliss-reactive ketones (excluding diaryl/α,β-unsaturated/α-hetero) is 1. The minimum Gasteiger partial charge on any atom is -0.497 e. The average molecular weight is 426 g/mol. The molecule has 0 radical (unpaired) electrons. The van der Waals surface area contributed by atoms with Gasteiger partial charge in [-0.05, 0) is 42.8 Å². The van der Waals surface area contributed by atoms with Gasteiger partial charge in [-0.15, -0.1) is 0 Å². The van der Waals surface area contributed by atoms with Crippen molar-refractivity contribution in [3.8, 4) is 23.0 Å². The van der Waals surface area contributed by atoms with Crippen LogP contribution in [-0.4, -0.2) is 55.7 Å². The lowest BCUT2D eigenvalue weighted by Crippen LogP contribution is -2.46. The standard InChI is InChI=1S/C22H22N2O7/c1-22(10-13-4-6-18-19(8-13)31-12-30-18)20(26)24(21(27)23-22)11-16(25)15-9-14(28-2)5-7-17(15)29-3/h4-9H,10-12H2,1-3H3,(H,23,27)/t22-/m0/s1. The molecule has 0 aliphatic carbocycles. The summed E-state index contributed by atoms with van der Waals surface area (Å²) in [5, 5.41) is 2.71. The smallest absolute Gasteiger partial charge is 0.325 e. The van der Waals surface area contributed by atoms with Gasteiger partial charge in [0.1, 0.15) is 17.0 Å². The maximum atomic E-state index is 13.1. The van der Waals surface area contributed by atoms with E-state index >= 15 is 0 Å². The zero-order chi connectivity index (χ0) is 22.2. The minimum atomic E-state index is -1.19. The van der Waals surface area contributed by atoms with Crippen LogP contribution in [0.3, 0.4) is 0 Å². The summed E-state index contributed by atoms with van der Waals surface area (Å²) in [6.45, 7) is 1.37. The van der Waals surface area contributed by atoms with E-state index in [2.05, 4.69) is 5.32 Å². The molecule has 0 saturated carbocycles. The number of urea groups is 1. The van der Waals surface area contributed by atoms with Crippen LogP contribution in [0, 0.1) is 0 Å². The van der Waals surface area contributed by atoms with Gasteiger partial charge in [0.15, 0.2) is 17.3 Å². The highest BCUT2D eigenvalue weighted by Gasteiger charge is 2.48. The van der Waals surface area contributed by atoms with Crippen LogP contribution in [-0.2, 0) is 11.2 Å².